The molecule has 0 saturated carbocycles. The van der Waals surface area contributed by atoms with Crippen LogP contribution in [0.4, 0.5) is 5.69 Å². The lowest BCUT2D eigenvalue weighted by atomic mass is 10.2. The quantitative estimate of drug-likeness (QED) is 0.451. The molecule has 1 aromatic heterocycles. The van der Waals surface area contributed by atoms with Crippen LogP contribution in [-0.2, 0) is 26.0 Å². The zero-order valence-electron chi connectivity index (χ0n) is 17.6. The number of rotatable bonds is 8. The van der Waals surface area contributed by atoms with Gasteiger partial charge in [-0.15, -0.1) is 11.3 Å². The Balaban J connectivity index is 1.37. The maximum atomic E-state index is 13.0. The van der Waals surface area contributed by atoms with Gasteiger partial charge in [0.15, 0.2) is 16.4 Å². The van der Waals surface area contributed by atoms with Crippen molar-refractivity contribution in [2.24, 2.45) is 0 Å². The van der Waals surface area contributed by atoms with Crippen molar-refractivity contribution in [3.63, 3.8) is 0 Å². The molecule has 8 nitrogen and oxygen atoms in total. The summed E-state index contributed by atoms with van der Waals surface area (Å²) < 4.78 is 34.8. The number of sulfone groups is 1. The van der Waals surface area contributed by atoms with Gasteiger partial charge in [0.05, 0.1) is 34.3 Å². The Morgan fingerprint density at radius 2 is 1.85 bits per heavy atom. The number of benzene rings is 2. The zero-order chi connectivity index (χ0) is 23.3. The first-order chi connectivity index (χ1) is 15.9. The number of carbonyl (C=O) groups is 2. The summed E-state index contributed by atoms with van der Waals surface area (Å²) in [5.41, 5.74) is 3.39. The van der Waals surface area contributed by atoms with E-state index >= 15 is 0 Å². The van der Waals surface area contributed by atoms with E-state index in [2.05, 4.69) is 4.98 Å². The Kier molecular flexibility index (Phi) is 7.05. The van der Waals surface area contributed by atoms with Crippen molar-refractivity contribution >= 4 is 38.7 Å². The molecule has 33 heavy (non-hydrogen) atoms. The smallest absolute Gasteiger partial charge is 0.338 e. The number of aromatic nitrogens is 1. The summed E-state index contributed by atoms with van der Waals surface area (Å²) in [4.78, 5) is 31.0. The van der Waals surface area contributed by atoms with Crippen LogP contribution in [0.1, 0.15) is 22.5 Å². The van der Waals surface area contributed by atoms with Gasteiger partial charge in [0, 0.05) is 11.1 Å². The number of ether oxygens (including phenoxy) is 2. The minimum Gasteiger partial charge on any atom is -0.487 e. The van der Waals surface area contributed by atoms with Crippen molar-refractivity contribution in [2.75, 3.05) is 23.0 Å². The Hall–Kier alpha value is -3.24. The highest BCUT2D eigenvalue weighted by molar-refractivity contribution is 7.91. The van der Waals surface area contributed by atoms with Crippen LogP contribution in [0.3, 0.4) is 0 Å². The third kappa shape index (κ3) is 5.96. The maximum Gasteiger partial charge on any atom is 0.338 e. The van der Waals surface area contributed by atoms with Gasteiger partial charge in [-0.3, -0.25) is 4.79 Å². The van der Waals surface area contributed by atoms with Crippen molar-refractivity contribution in [3.05, 3.63) is 76.7 Å². The summed E-state index contributed by atoms with van der Waals surface area (Å²) in [6.07, 6.45) is 0.347. The van der Waals surface area contributed by atoms with E-state index in [-0.39, 0.29) is 17.1 Å². The molecule has 1 saturated heterocycles. The maximum absolute atomic E-state index is 13.0. The number of para-hydroxylation sites is 1. The average molecular weight is 487 g/mol. The van der Waals surface area contributed by atoms with Crippen LogP contribution in [0.25, 0.3) is 0 Å². The van der Waals surface area contributed by atoms with E-state index < -0.39 is 34.4 Å². The summed E-state index contributed by atoms with van der Waals surface area (Å²) in [7, 11) is -3.20. The van der Waals surface area contributed by atoms with Gasteiger partial charge in [-0.1, -0.05) is 18.2 Å². The van der Waals surface area contributed by atoms with Gasteiger partial charge < -0.3 is 14.4 Å². The Labute approximate surface area is 195 Å². The van der Waals surface area contributed by atoms with Crippen LogP contribution >= 0.6 is 11.3 Å². The first kappa shape index (κ1) is 22.9. The normalized spacial score (nSPS) is 16.8. The largest absolute Gasteiger partial charge is 0.487 e. The van der Waals surface area contributed by atoms with Crippen molar-refractivity contribution < 1.29 is 27.5 Å². The van der Waals surface area contributed by atoms with Gasteiger partial charge in [0.2, 0.25) is 0 Å². The molecule has 0 spiro atoms. The van der Waals surface area contributed by atoms with Crippen LogP contribution in [0.2, 0.25) is 0 Å². The molecule has 1 amide bonds. The number of hydrogen-bond donors (Lipinski definition) is 0. The summed E-state index contributed by atoms with van der Waals surface area (Å²) in [5.74, 6) is -0.621. The lowest BCUT2D eigenvalue weighted by Crippen LogP contribution is -2.43. The molecule has 2 heterocycles. The van der Waals surface area contributed by atoms with E-state index in [1.54, 1.807) is 54.0 Å². The Morgan fingerprint density at radius 1 is 1.09 bits per heavy atom. The fraction of sp³-hybridized carbons (Fsp3) is 0.261. The highest BCUT2D eigenvalue weighted by atomic mass is 32.2. The predicted molar refractivity (Wildman–Crippen MR) is 124 cm³/mol. The summed E-state index contributed by atoms with van der Waals surface area (Å²) in [6, 6.07) is 14.7. The topological polar surface area (TPSA) is 103 Å². The molecule has 1 atom stereocenters. The van der Waals surface area contributed by atoms with E-state index in [9.17, 15) is 18.0 Å². The van der Waals surface area contributed by atoms with Crippen LogP contribution < -0.4 is 9.64 Å². The fourth-order valence-corrected chi connectivity index (χ4v) is 5.80. The van der Waals surface area contributed by atoms with Crippen LogP contribution in [-0.4, -0.2) is 49.4 Å². The van der Waals surface area contributed by atoms with Crippen LogP contribution in [0, 0.1) is 0 Å². The molecule has 0 bridgehead atoms. The third-order valence-corrected chi connectivity index (χ3v) is 7.55. The van der Waals surface area contributed by atoms with Crippen LogP contribution in [0.15, 0.2) is 65.5 Å². The predicted octanol–water partition coefficient (Wildman–Crippen LogP) is 3.10. The van der Waals surface area contributed by atoms with E-state index in [1.165, 1.54) is 16.2 Å². The highest BCUT2D eigenvalue weighted by Crippen LogP contribution is 2.25. The molecule has 1 aliphatic rings. The first-order valence-electron chi connectivity index (χ1n) is 10.3. The zero-order valence-corrected chi connectivity index (χ0v) is 19.3. The number of nitrogens with zero attached hydrogens (tertiary/aromatic N) is 2. The van der Waals surface area contributed by atoms with E-state index in [0.29, 0.717) is 24.5 Å². The van der Waals surface area contributed by atoms with Gasteiger partial charge in [-0.25, -0.2) is 18.2 Å². The van der Waals surface area contributed by atoms with Crippen molar-refractivity contribution in [1.82, 2.24) is 4.98 Å². The lowest BCUT2D eigenvalue weighted by molar-refractivity contribution is -0.122. The average Bonchev–Trinajstić information content (AvgIpc) is 3.46. The monoisotopic (exact) mass is 486 g/mol. The number of thiazole rings is 1. The minimum atomic E-state index is -3.20. The molecule has 3 aromatic rings. The second-order valence-electron chi connectivity index (χ2n) is 7.53. The van der Waals surface area contributed by atoms with E-state index in [1.807, 2.05) is 11.4 Å². The summed E-state index contributed by atoms with van der Waals surface area (Å²) in [5, 5.41) is 1.89. The van der Waals surface area contributed by atoms with Gasteiger partial charge >= 0.3 is 5.97 Å². The number of carbonyl (C=O) groups excluding carboxylic acids is 2. The molecule has 10 heteroatoms. The van der Waals surface area contributed by atoms with E-state index in [0.717, 1.165) is 5.69 Å². The second-order valence-corrected chi connectivity index (χ2v) is 10.5. The summed E-state index contributed by atoms with van der Waals surface area (Å²) in [6.45, 7) is -0.166. The molecule has 0 aliphatic carbocycles. The molecule has 4 rings (SSSR count). The highest BCUT2D eigenvalue weighted by Gasteiger charge is 2.35. The molecule has 0 N–H and O–H groups in total. The Morgan fingerprint density at radius 3 is 2.48 bits per heavy atom. The van der Waals surface area contributed by atoms with Gasteiger partial charge in [0.1, 0.15) is 12.4 Å². The summed E-state index contributed by atoms with van der Waals surface area (Å²) >= 11 is 1.48. The third-order valence-electron chi connectivity index (χ3n) is 5.16. The second kappa shape index (κ2) is 10.1. The number of esters is 1. The van der Waals surface area contributed by atoms with Crippen molar-refractivity contribution in [2.45, 2.75) is 19.1 Å². The molecule has 1 fully saturated rings. The van der Waals surface area contributed by atoms with E-state index in [4.69, 9.17) is 9.47 Å². The SMILES string of the molecule is O=C(OCC(=O)N(c1ccccc1)C1CCS(=O)(=O)C1)c1ccc(OCc2cscn2)cc1. The van der Waals surface area contributed by atoms with Crippen molar-refractivity contribution in [1.29, 1.82) is 0 Å². The molecule has 1 unspecified atom stereocenters. The first-order valence-corrected chi connectivity index (χ1v) is 13.0. The van der Waals surface area contributed by atoms with Gasteiger partial charge in [0.25, 0.3) is 5.91 Å². The number of anilines is 1. The molecular formula is C23H22N2O6S2. The fourth-order valence-electron chi connectivity index (χ4n) is 3.56. The van der Waals surface area contributed by atoms with Crippen molar-refractivity contribution in [3.8, 4) is 5.75 Å². The van der Waals surface area contributed by atoms with Gasteiger partial charge in [-0.2, -0.15) is 0 Å². The Bertz CT molecular complexity index is 1200. The standard InChI is InChI=1S/C23H22N2O6S2/c26-22(25(19-4-2-1-3-5-19)20-10-11-33(28,29)15-20)13-31-23(27)17-6-8-21(9-7-17)30-12-18-14-32-16-24-18/h1-9,14,16,20H,10-13,15H2. The number of amides is 1. The number of hydrogen-bond acceptors (Lipinski definition) is 8. The molecule has 0 radical (unpaired) electrons. The lowest BCUT2D eigenvalue weighted by Gasteiger charge is -2.28. The molecule has 1 aliphatic heterocycles. The van der Waals surface area contributed by atoms with Gasteiger partial charge in [-0.05, 0) is 42.8 Å². The van der Waals surface area contributed by atoms with Crippen LogP contribution in [0.5, 0.6) is 5.75 Å². The molecular weight excluding hydrogens is 464 g/mol. The molecule has 172 valence electrons. The molecule has 2 aromatic carbocycles. The minimum absolute atomic E-state index is 0.0327.